The number of rotatable bonds is 6. The van der Waals surface area contributed by atoms with Gasteiger partial charge in [0.05, 0.1) is 24.0 Å². The molecule has 4 aliphatic carbocycles. The molecule has 0 aromatic carbocycles. The van der Waals surface area contributed by atoms with Crippen molar-refractivity contribution in [2.45, 2.75) is 136 Å². The fourth-order valence-electron chi connectivity index (χ4n) is 9.07. The van der Waals surface area contributed by atoms with Crippen LogP contribution in [0.15, 0.2) is 11.6 Å². The monoisotopic (exact) mass is 530 g/mol. The second kappa shape index (κ2) is 10.2. The highest BCUT2D eigenvalue weighted by Crippen LogP contribution is 2.65. The summed E-state index contributed by atoms with van der Waals surface area (Å²) in [5.74, 6) is 1.32. The molecular weight excluding hydrogens is 480 g/mol. The number of hydrogen-bond acceptors (Lipinski definition) is 6. The van der Waals surface area contributed by atoms with Crippen LogP contribution < -0.4 is 0 Å². The van der Waals surface area contributed by atoms with Crippen molar-refractivity contribution in [3.8, 4) is 0 Å². The molecule has 1 heterocycles. The summed E-state index contributed by atoms with van der Waals surface area (Å²) in [6, 6.07) is 0. The van der Waals surface area contributed by atoms with Gasteiger partial charge in [-0.15, -0.1) is 0 Å². The Labute approximate surface area is 228 Å². The van der Waals surface area contributed by atoms with Gasteiger partial charge >= 0.3 is 11.9 Å². The Hall–Kier alpha value is -1.40. The first-order valence-corrected chi connectivity index (χ1v) is 15.3. The van der Waals surface area contributed by atoms with Gasteiger partial charge in [-0.2, -0.15) is 0 Å². The van der Waals surface area contributed by atoms with Gasteiger partial charge in [-0.1, -0.05) is 38.8 Å². The van der Waals surface area contributed by atoms with Crippen LogP contribution >= 0.6 is 0 Å². The van der Waals surface area contributed by atoms with E-state index in [1.807, 2.05) is 13.8 Å². The number of hydrogen-bond donors (Lipinski definition) is 2. The van der Waals surface area contributed by atoms with Gasteiger partial charge in [0.25, 0.3) is 0 Å². The van der Waals surface area contributed by atoms with Crippen molar-refractivity contribution in [2.75, 3.05) is 0 Å². The summed E-state index contributed by atoms with van der Waals surface area (Å²) in [5.41, 5.74) is 0.904. The standard InChI is InChI=1S/C32H50O6/c1-19(8-10-23-16-22(34)17-28(35)37-23)30(2,3)29(36)38-27-18-26-24(25-7-6-13-32(25,27)5)11-9-20-15-21(33)12-14-31(20,26)4/h9,19,21-27,33-34H,6-8,10-18H2,1-5H3/t19?,21-,22-,23-,24+,25+,26+,27+,31+,32-/m1/s1. The molecule has 38 heavy (non-hydrogen) atoms. The Kier molecular flexibility index (Phi) is 7.56. The van der Waals surface area contributed by atoms with E-state index in [-0.39, 0.29) is 53.4 Å². The molecule has 1 unspecified atom stereocenters. The number of aliphatic hydroxyl groups is 2. The molecule has 2 N–H and O–H groups in total. The molecule has 0 amide bonds. The van der Waals surface area contributed by atoms with Crippen LogP contribution in [0, 0.1) is 39.9 Å². The molecule has 6 heteroatoms. The van der Waals surface area contributed by atoms with Gasteiger partial charge in [-0.05, 0) is 101 Å². The van der Waals surface area contributed by atoms with Crippen LogP contribution in [0.25, 0.3) is 0 Å². The van der Waals surface area contributed by atoms with Crippen LogP contribution in [0.2, 0.25) is 0 Å². The summed E-state index contributed by atoms with van der Waals surface area (Å²) in [6.45, 7) is 10.9. The summed E-state index contributed by atoms with van der Waals surface area (Å²) in [5, 5.41) is 20.3. The third kappa shape index (κ3) is 4.87. The van der Waals surface area contributed by atoms with E-state index in [1.54, 1.807) is 0 Å². The molecular formula is C32H50O6. The fourth-order valence-corrected chi connectivity index (χ4v) is 9.07. The Morgan fingerprint density at radius 3 is 2.63 bits per heavy atom. The normalized spacial score (nSPS) is 43.7. The first kappa shape index (κ1) is 28.1. The minimum Gasteiger partial charge on any atom is -0.462 e. The highest BCUT2D eigenvalue weighted by molar-refractivity contribution is 5.76. The highest BCUT2D eigenvalue weighted by atomic mass is 16.6. The van der Waals surface area contributed by atoms with Gasteiger partial charge in [0.1, 0.15) is 12.2 Å². The maximum atomic E-state index is 13.8. The van der Waals surface area contributed by atoms with E-state index in [2.05, 4.69) is 26.8 Å². The van der Waals surface area contributed by atoms with E-state index in [9.17, 15) is 19.8 Å². The van der Waals surface area contributed by atoms with Crippen molar-refractivity contribution in [2.24, 2.45) is 39.9 Å². The van der Waals surface area contributed by atoms with Crippen LogP contribution in [0.3, 0.4) is 0 Å². The zero-order valence-corrected chi connectivity index (χ0v) is 24.2. The maximum absolute atomic E-state index is 13.8. The molecule has 1 saturated heterocycles. The Balaban J connectivity index is 1.29. The largest absolute Gasteiger partial charge is 0.462 e. The van der Waals surface area contributed by atoms with Gasteiger partial charge < -0.3 is 19.7 Å². The molecule has 3 saturated carbocycles. The van der Waals surface area contributed by atoms with Crippen molar-refractivity contribution >= 4 is 11.9 Å². The van der Waals surface area contributed by atoms with Crippen LogP contribution in [0.1, 0.15) is 112 Å². The highest BCUT2D eigenvalue weighted by Gasteiger charge is 2.60. The lowest BCUT2D eigenvalue weighted by Gasteiger charge is -2.59. The van der Waals surface area contributed by atoms with Crippen molar-refractivity contribution in [1.29, 1.82) is 0 Å². The van der Waals surface area contributed by atoms with E-state index in [0.29, 0.717) is 30.6 Å². The lowest BCUT2D eigenvalue weighted by atomic mass is 9.47. The van der Waals surface area contributed by atoms with Crippen molar-refractivity contribution in [1.82, 2.24) is 0 Å². The third-order valence-electron chi connectivity index (χ3n) is 12.1. The maximum Gasteiger partial charge on any atom is 0.312 e. The molecule has 0 radical (unpaired) electrons. The second-order valence-electron chi connectivity index (χ2n) is 14.6. The molecule has 0 bridgehead atoms. The van der Waals surface area contributed by atoms with Crippen molar-refractivity contribution in [3.63, 3.8) is 0 Å². The number of ether oxygens (including phenoxy) is 2. The van der Waals surface area contributed by atoms with Gasteiger partial charge in [-0.25, -0.2) is 0 Å². The average molecular weight is 531 g/mol. The van der Waals surface area contributed by atoms with E-state index in [1.165, 1.54) is 18.4 Å². The predicted molar refractivity (Wildman–Crippen MR) is 145 cm³/mol. The molecule has 6 nitrogen and oxygen atoms in total. The number of allylic oxidation sites excluding steroid dienone is 1. The third-order valence-corrected chi connectivity index (χ3v) is 12.1. The summed E-state index contributed by atoms with van der Waals surface area (Å²) in [4.78, 5) is 25.6. The first-order chi connectivity index (χ1) is 17.8. The van der Waals surface area contributed by atoms with E-state index >= 15 is 0 Å². The van der Waals surface area contributed by atoms with Crippen LogP contribution in [-0.4, -0.2) is 46.6 Å². The van der Waals surface area contributed by atoms with E-state index in [4.69, 9.17) is 9.47 Å². The zero-order valence-electron chi connectivity index (χ0n) is 24.2. The number of carbonyl (C=O) groups is 2. The fraction of sp³-hybridized carbons (Fsp3) is 0.875. The van der Waals surface area contributed by atoms with Gasteiger partial charge in [0.2, 0.25) is 0 Å². The molecule has 5 aliphatic rings. The van der Waals surface area contributed by atoms with Crippen LogP contribution in [0.4, 0.5) is 0 Å². The molecule has 10 atom stereocenters. The Morgan fingerprint density at radius 1 is 1.13 bits per heavy atom. The molecule has 214 valence electrons. The number of esters is 2. The lowest BCUT2D eigenvalue weighted by molar-refractivity contribution is -0.186. The van der Waals surface area contributed by atoms with Gasteiger partial charge in [0, 0.05) is 11.8 Å². The number of aliphatic hydroxyl groups excluding tert-OH is 2. The van der Waals surface area contributed by atoms with Crippen molar-refractivity contribution in [3.05, 3.63) is 11.6 Å². The molecule has 0 aromatic rings. The van der Waals surface area contributed by atoms with E-state index < -0.39 is 11.5 Å². The Bertz CT molecular complexity index is 956. The average Bonchev–Trinajstić information content (AvgIpc) is 3.25. The quantitative estimate of drug-likeness (QED) is 0.336. The summed E-state index contributed by atoms with van der Waals surface area (Å²) >= 11 is 0. The smallest absolute Gasteiger partial charge is 0.312 e. The second-order valence-corrected chi connectivity index (χ2v) is 14.6. The number of carbonyl (C=O) groups excluding carboxylic acids is 2. The summed E-state index contributed by atoms with van der Waals surface area (Å²) in [7, 11) is 0. The minimum absolute atomic E-state index is 0.0263. The summed E-state index contributed by atoms with van der Waals surface area (Å²) in [6.07, 6.45) is 11.4. The molecule has 0 aromatic heterocycles. The van der Waals surface area contributed by atoms with Crippen molar-refractivity contribution < 1.29 is 29.3 Å². The molecule has 4 fully saturated rings. The first-order valence-electron chi connectivity index (χ1n) is 15.3. The van der Waals surface area contributed by atoms with Crippen LogP contribution in [-0.2, 0) is 19.1 Å². The zero-order chi connectivity index (χ0) is 27.5. The minimum atomic E-state index is -0.658. The van der Waals surface area contributed by atoms with E-state index in [0.717, 1.165) is 44.9 Å². The predicted octanol–water partition coefficient (Wildman–Crippen LogP) is 5.73. The SMILES string of the molecule is CC(CC[C@@H]1C[C@@H](O)CC(=O)O1)C(C)(C)C(=O)O[C@H]1C[C@H]2[C@@H](CC=C3C[C@H](O)CC[C@@]32C)[C@@H]2CCC[C@@]12C. The molecule has 0 spiro atoms. The number of cyclic esters (lactones) is 1. The molecule has 5 rings (SSSR count). The van der Waals surface area contributed by atoms with Crippen LogP contribution in [0.5, 0.6) is 0 Å². The Morgan fingerprint density at radius 2 is 1.89 bits per heavy atom. The summed E-state index contributed by atoms with van der Waals surface area (Å²) < 4.78 is 12.0. The molecule has 1 aliphatic heterocycles. The van der Waals surface area contributed by atoms with Gasteiger partial charge in [-0.3, -0.25) is 9.59 Å². The number of fused-ring (bicyclic) bond motifs is 5. The topological polar surface area (TPSA) is 93.1 Å². The lowest BCUT2D eigenvalue weighted by Crippen LogP contribution is -2.56. The van der Waals surface area contributed by atoms with Gasteiger partial charge in [0.15, 0.2) is 0 Å².